The summed E-state index contributed by atoms with van der Waals surface area (Å²) in [6, 6.07) is 12.2. The van der Waals surface area contributed by atoms with Crippen molar-refractivity contribution in [2.45, 2.75) is 45.7 Å². The lowest BCUT2D eigenvalue weighted by Crippen LogP contribution is -2.57. The fourth-order valence-electron chi connectivity index (χ4n) is 3.23. The number of hydrogen-bond donors (Lipinski definition) is 1. The number of benzene rings is 1. The summed E-state index contributed by atoms with van der Waals surface area (Å²) in [6.45, 7) is 10.6. The average molecular weight is 272 g/mol. The van der Waals surface area contributed by atoms with Crippen LogP contribution in [0, 0.1) is 11.3 Å². The van der Waals surface area contributed by atoms with Crippen LogP contribution in [0.25, 0.3) is 0 Å². The summed E-state index contributed by atoms with van der Waals surface area (Å²) in [5.74, 6) is 0.958. The molecule has 0 spiro atoms. The van der Waals surface area contributed by atoms with Crippen molar-refractivity contribution in [2.75, 3.05) is 19.6 Å². The lowest BCUT2D eigenvalue weighted by molar-refractivity contribution is 0.0814. The van der Waals surface area contributed by atoms with E-state index in [0.717, 1.165) is 12.5 Å². The predicted octanol–water partition coefficient (Wildman–Crippen LogP) is 3.46. The first-order valence-electron chi connectivity index (χ1n) is 8.06. The summed E-state index contributed by atoms with van der Waals surface area (Å²) in [5, 5.41) is 3.79. The molecule has 1 aliphatic heterocycles. The molecular formula is C18H28N2. The number of rotatable bonds is 3. The third kappa shape index (κ3) is 3.24. The Hall–Kier alpha value is -0.860. The molecule has 2 unspecified atom stereocenters. The standard InChI is InChI=1S/C18H28N2/c1-18(2,3)17-13-20(12-14-9-10-14)16(11-19-17)15-7-5-4-6-8-15/h4-8,14,16-17,19H,9-13H2,1-3H3. The van der Waals surface area contributed by atoms with E-state index in [1.54, 1.807) is 0 Å². The molecule has 2 atom stereocenters. The highest BCUT2D eigenvalue weighted by atomic mass is 15.2. The Morgan fingerprint density at radius 1 is 1.15 bits per heavy atom. The first-order chi connectivity index (χ1) is 9.54. The van der Waals surface area contributed by atoms with Gasteiger partial charge in [0.15, 0.2) is 0 Å². The summed E-state index contributed by atoms with van der Waals surface area (Å²) in [5.41, 5.74) is 1.80. The van der Waals surface area contributed by atoms with Crippen LogP contribution >= 0.6 is 0 Å². The van der Waals surface area contributed by atoms with E-state index in [2.05, 4.69) is 61.3 Å². The molecular weight excluding hydrogens is 244 g/mol. The van der Waals surface area contributed by atoms with Gasteiger partial charge in [0.25, 0.3) is 0 Å². The number of nitrogens with one attached hydrogen (secondary N) is 1. The quantitative estimate of drug-likeness (QED) is 0.906. The first-order valence-corrected chi connectivity index (χ1v) is 8.06. The Balaban J connectivity index is 1.76. The topological polar surface area (TPSA) is 15.3 Å². The minimum absolute atomic E-state index is 0.337. The molecule has 1 aliphatic carbocycles. The van der Waals surface area contributed by atoms with E-state index in [1.165, 1.54) is 31.5 Å². The largest absolute Gasteiger partial charge is 0.310 e. The maximum atomic E-state index is 3.79. The highest BCUT2D eigenvalue weighted by Gasteiger charge is 2.37. The second kappa shape index (κ2) is 5.50. The summed E-state index contributed by atoms with van der Waals surface area (Å²) < 4.78 is 0. The van der Waals surface area contributed by atoms with E-state index in [4.69, 9.17) is 0 Å². The summed E-state index contributed by atoms with van der Waals surface area (Å²) >= 11 is 0. The Morgan fingerprint density at radius 2 is 1.85 bits per heavy atom. The molecule has 0 bridgehead atoms. The highest BCUT2D eigenvalue weighted by Crippen LogP contribution is 2.35. The van der Waals surface area contributed by atoms with E-state index in [0.29, 0.717) is 17.5 Å². The van der Waals surface area contributed by atoms with Crippen molar-refractivity contribution in [3.8, 4) is 0 Å². The summed E-state index contributed by atoms with van der Waals surface area (Å²) in [7, 11) is 0. The van der Waals surface area contributed by atoms with Gasteiger partial charge >= 0.3 is 0 Å². The van der Waals surface area contributed by atoms with Crippen molar-refractivity contribution >= 4 is 0 Å². The number of piperazine rings is 1. The molecule has 1 saturated heterocycles. The fraction of sp³-hybridized carbons (Fsp3) is 0.667. The highest BCUT2D eigenvalue weighted by molar-refractivity contribution is 5.20. The zero-order chi connectivity index (χ0) is 14.2. The maximum Gasteiger partial charge on any atom is 0.0473 e. The van der Waals surface area contributed by atoms with Gasteiger partial charge in [-0.2, -0.15) is 0 Å². The van der Waals surface area contributed by atoms with Gasteiger partial charge in [-0.1, -0.05) is 51.1 Å². The molecule has 1 aromatic carbocycles. The Morgan fingerprint density at radius 3 is 2.45 bits per heavy atom. The number of hydrogen-bond acceptors (Lipinski definition) is 2. The molecule has 110 valence electrons. The Kier molecular flexibility index (Phi) is 3.87. The van der Waals surface area contributed by atoms with Crippen LogP contribution in [0.15, 0.2) is 30.3 Å². The number of nitrogens with zero attached hydrogens (tertiary/aromatic N) is 1. The van der Waals surface area contributed by atoms with Gasteiger partial charge in [0.05, 0.1) is 0 Å². The van der Waals surface area contributed by atoms with Crippen LogP contribution in [0.5, 0.6) is 0 Å². The normalized spacial score (nSPS) is 28.6. The SMILES string of the molecule is CC(C)(C)C1CN(CC2CC2)C(c2ccccc2)CN1. The Labute approximate surface area is 123 Å². The molecule has 2 nitrogen and oxygen atoms in total. The van der Waals surface area contributed by atoms with Crippen LogP contribution in [0.2, 0.25) is 0 Å². The zero-order valence-electron chi connectivity index (χ0n) is 13.1. The van der Waals surface area contributed by atoms with Crippen LogP contribution < -0.4 is 5.32 Å². The molecule has 1 saturated carbocycles. The Bertz CT molecular complexity index is 430. The average Bonchev–Trinajstić information content (AvgIpc) is 3.23. The molecule has 2 fully saturated rings. The van der Waals surface area contributed by atoms with Gasteiger partial charge in [-0.15, -0.1) is 0 Å². The molecule has 0 radical (unpaired) electrons. The molecule has 3 rings (SSSR count). The molecule has 2 aliphatic rings. The van der Waals surface area contributed by atoms with Gasteiger partial charge in [-0.05, 0) is 29.7 Å². The van der Waals surface area contributed by atoms with Gasteiger partial charge in [0.2, 0.25) is 0 Å². The van der Waals surface area contributed by atoms with E-state index in [1.807, 2.05) is 0 Å². The lowest BCUT2D eigenvalue weighted by Gasteiger charge is -2.45. The van der Waals surface area contributed by atoms with Gasteiger partial charge < -0.3 is 5.32 Å². The molecule has 1 aromatic rings. The van der Waals surface area contributed by atoms with Crippen molar-refractivity contribution in [1.29, 1.82) is 0 Å². The monoisotopic (exact) mass is 272 g/mol. The third-order valence-corrected chi connectivity index (χ3v) is 4.83. The molecule has 1 N–H and O–H groups in total. The van der Waals surface area contributed by atoms with Crippen LogP contribution in [0.3, 0.4) is 0 Å². The van der Waals surface area contributed by atoms with E-state index >= 15 is 0 Å². The maximum absolute atomic E-state index is 3.79. The zero-order valence-corrected chi connectivity index (χ0v) is 13.1. The van der Waals surface area contributed by atoms with E-state index < -0.39 is 0 Å². The van der Waals surface area contributed by atoms with Gasteiger partial charge in [-0.3, -0.25) is 4.90 Å². The molecule has 20 heavy (non-hydrogen) atoms. The van der Waals surface area contributed by atoms with E-state index in [9.17, 15) is 0 Å². The summed E-state index contributed by atoms with van der Waals surface area (Å²) in [4.78, 5) is 2.74. The molecule has 0 amide bonds. The molecule has 2 heteroatoms. The van der Waals surface area contributed by atoms with Crippen LogP contribution in [0.1, 0.15) is 45.2 Å². The van der Waals surface area contributed by atoms with Gasteiger partial charge in [-0.25, -0.2) is 0 Å². The van der Waals surface area contributed by atoms with Crippen LogP contribution in [-0.2, 0) is 0 Å². The van der Waals surface area contributed by atoms with Crippen molar-refractivity contribution in [3.05, 3.63) is 35.9 Å². The minimum Gasteiger partial charge on any atom is -0.310 e. The van der Waals surface area contributed by atoms with Gasteiger partial charge in [0, 0.05) is 31.7 Å². The van der Waals surface area contributed by atoms with Crippen LogP contribution in [0.4, 0.5) is 0 Å². The van der Waals surface area contributed by atoms with Crippen LogP contribution in [-0.4, -0.2) is 30.6 Å². The first kappa shape index (κ1) is 14.1. The van der Waals surface area contributed by atoms with E-state index in [-0.39, 0.29) is 0 Å². The summed E-state index contributed by atoms with van der Waals surface area (Å²) in [6.07, 6.45) is 2.87. The fourth-order valence-corrected chi connectivity index (χ4v) is 3.23. The smallest absolute Gasteiger partial charge is 0.0473 e. The minimum atomic E-state index is 0.337. The van der Waals surface area contributed by atoms with Crippen molar-refractivity contribution < 1.29 is 0 Å². The molecule has 1 heterocycles. The predicted molar refractivity (Wildman–Crippen MR) is 84.7 cm³/mol. The van der Waals surface area contributed by atoms with Gasteiger partial charge in [0.1, 0.15) is 0 Å². The van der Waals surface area contributed by atoms with Crippen molar-refractivity contribution in [3.63, 3.8) is 0 Å². The third-order valence-electron chi connectivity index (χ3n) is 4.83. The van der Waals surface area contributed by atoms with Crippen molar-refractivity contribution in [1.82, 2.24) is 10.2 Å². The molecule has 0 aromatic heterocycles. The van der Waals surface area contributed by atoms with Crippen molar-refractivity contribution in [2.24, 2.45) is 11.3 Å². The second-order valence-electron chi connectivity index (χ2n) is 7.65. The second-order valence-corrected chi connectivity index (χ2v) is 7.65. The lowest BCUT2D eigenvalue weighted by atomic mass is 9.84.